The van der Waals surface area contributed by atoms with Gasteiger partial charge in [0.15, 0.2) is 11.6 Å². The number of rotatable bonds is 5. The van der Waals surface area contributed by atoms with Crippen LogP contribution in [0, 0.1) is 5.92 Å². The third-order valence-corrected chi connectivity index (χ3v) is 3.43. The van der Waals surface area contributed by atoms with Crippen LogP contribution in [0.5, 0.6) is 0 Å². The lowest BCUT2D eigenvalue weighted by molar-refractivity contribution is -0.143. The van der Waals surface area contributed by atoms with Gasteiger partial charge in [-0.25, -0.2) is 9.97 Å². The molecule has 1 aromatic heterocycles. The molecular weight excluding hydrogens is 283 g/mol. The standard InChI is InChI=1S/C13H20F3N5/c1-20(2)12-11(17-4-5-18-12)19-7-10-3-6-21(8-10)9-13(14,15)16/h4-5,10H,3,6-9H2,1-2H3,(H,17,19). The minimum absolute atomic E-state index is 0.198. The Morgan fingerprint density at radius 1 is 1.33 bits per heavy atom. The average Bonchev–Trinajstić information content (AvgIpc) is 2.82. The lowest BCUT2D eigenvalue weighted by Crippen LogP contribution is -2.33. The highest BCUT2D eigenvalue weighted by Gasteiger charge is 2.34. The van der Waals surface area contributed by atoms with Crippen molar-refractivity contribution in [3.05, 3.63) is 12.4 Å². The first kappa shape index (κ1) is 15.8. The number of nitrogens with one attached hydrogen (secondary N) is 1. The van der Waals surface area contributed by atoms with Gasteiger partial charge in [-0.2, -0.15) is 13.2 Å². The van der Waals surface area contributed by atoms with Crippen LogP contribution in [-0.2, 0) is 0 Å². The summed E-state index contributed by atoms with van der Waals surface area (Å²) in [7, 11) is 3.74. The smallest absolute Gasteiger partial charge is 0.367 e. The summed E-state index contributed by atoms with van der Waals surface area (Å²) < 4.78 is 37.0. The average molecular weight is 303 g/mol. The van der Waals surface area contributed by atoms with Crippen molar-refractivity contribution in [2.75, 3.05) is 50.5 Å². The summed E-state index contributed by atoms with van der Waals surface area (Å²) >= 11 is 0. The monoisotopic (exact) mass is 303 g/mol. The lowest BCUT2D eigenvalue weighted by atomic mass is 10.1. The molecule has 1 saturated heterocycles. The molecule has 1 aliphatic rings. The first-order chi connectivity index (χ1) is 9.85. The van der Waals surface area contributed by atoms with E-state index in [4.69, 9.17) is 0 Å². The summed E-state index contributed by atoms with van der Waals surface area (Å²) in [5.74, 6) is 1.59. The van der Waals surface area contributed by atoms with Gasteiger partial charge in [0.2, 0.25) is 0 Å². The molecule has 2 heterocycles. The van der Waals surface area contributed by atoms with Gasteiger partial charge >= 0.3 is 6.18 Å². The molecule has 1 N–H and O–H groups in total. The Morgan fingerprint density at radius 2 is 2.05 bits per heavy atom. The minimum Gasteiger partial charge on any atom is -0.367 e. The fourth-order valence-corrected chi connectivity index (χ4v) is 2.50. The molecule has 2 rings (SSSR count). The fraction of sp³-hybridized carbons (Fsp3) is 0.692. The molecule has 0 aromatic carbocycles. The Hall–Kier alpha value is -1.57. The molecule has 0 saturated carbocycles. The molecule has 1 aliphatic heterocycles. The molecule has 1 atom stereocenters. The molecule has 1 fully saturated rings. The molecule has 0 spiro atoms. The van der Waals surface area contributed by atoms with Crippen molar-refractivity contribution in [3.8, 4) is 0 Å². The van der Waals surface area contributed by atoms with Gasteiger partial charge in [-0.1, -0.05) is 0 Å². The number of alkyl halides is 3. The zero-order valence-electron chi connectivity index (χ0n) is 12.2. The van der Waals surface area contributed by atoms with Crippen molar-refractivity contribution < 1.29 is 13.2 Å². The topological polar surface area (TPSA) is 44.3 Å². The van der Waals surface area contributed by atoms with Crippen LogP contribution in [0.15, 0.2) is 12.4 Å². The van der Waals surface area contributed by atoms with Crippen LogP contribution in [0.4, 0.5) is 24.8 Å². The third-order valence-electron chi connectivity index (χ3n) is 3.43. The number of aromatic nitrogens is 2. The van der Waals surface area contributed by atoms with Crippen molar-refractivity contribution in [1.29, 1.82) is 0 Å². The molecule has 0 aliphatic carbocycles. The predicted molar refractivity (Wildman–Crippen MR) is 75.5 cm³/mol. The Kier molecular flexibility index (Phi) is 4.87. The second kappa shape index (κ2) is 6.46. The number of hydrogen-bond acceptors (Lipinski definition) is 5. The number of nitrogens with zero attached hydrogens (tertiary/aromatic N) is 4. The van der Waals surface area contributed by atoms with Crippen LogP contribution in [0.3, 0.4) is 0 Å². The SMILES string of the molecule is CN(C)c1nccnc1NCC1CCN(CC(F)(F)F)C1. The van der Waals surface area contributed by atoms with Crippen molar-refractivity contribution in [2.24, 2.45) is 5.92 Å². The van der Waals surface area contributed by atoms with E-state index < -0.39 is 12.7 Å². The highest BCUT2D eigenvalue weighted by molar-refractivity contribution is 5.59. The molecule has 5 nitrogen and oxygen atoms in total. The van der Waals surface area contributed by atoms with Gasteiger partial charge in [0.1, 0.15) is 0 Å². The molecule has 0 amide bonds. The van der Waals surface area contributed by atoms with Crippen molar-refractivity contribution in [1.82, 2.24) is 14.9 Å². The predicted octanol–water partition coefficient (Wildman–Crippen LogP) is 1.84. The zero-order chi connectivity index (χ0) is 15.5. The van der Waals surface area contributed by atoms with E-state index in [9.17, 15) is 13.2 Å². The summed E-state index contributed by atoms with van der Waals surface area (Å²) in [5.41, 5.74) is 0. The number of likely N-dealkylation sites (tertiary alicyclic amines) is 1. The van der Waals surface area contributed by atoms with Crippen LogP contribution in [0.1, 0.15) is 6.42 Å². The largest absolute Gasteiger partial charge is 0.401 e. The van der Waals surface area contributed by atoms with E-state index in [2.05, 4.69) is 15.3 Å². The summed E-state index contributed by atoms with van der Waals surface area (Å²) in [6, 6.07) is 0. The quantitative estimate of drug-likeness (QED) is 0.899. The highest BCUT2D eigenvalue weighted by Crippen LogP contribution is 2.24. The Morgan fingerprint density at radius 3 is 2.71 bits per heavy atom. The van der Waals surface area contributed by atoms with Crippen LogP contribution in [0.2, 0.25) is 0 Å². The molecule has 1 unspecified atom stereocenters. The van der Waals surface area contributed by atoms with Gasteiger partial charge in [0.25, 0.3) is 0 Å². The molecule has 1 aromatic rings. The van der Waals surface area contributed by atoms with Crippen LogP contribution in [0.25, 0.3) is 0 Å². The summed E-state index contributed by atoms with van der Waals surface area (Å²) in [4.78, 5) is 11.8. The van der Waals surface area contributed by atoms with E-state index in [1.165, 1.54) is 4.90 Å². The van der Waals surface area contributed by atoms with Crippen LogP contribution >= 0.6 is 0 Å². The Balaban J connectivity index is 1.85. The van der Waals surface area contributed by atoms with Crippen molar-refractivity contribution >= 4 is 11.6 Å². The van der Waals surface area contributed by atoms with Crippen molar-refractivity contribution in [3.63, 3.8) is 0 Å². The van der Waals surface area contributed by atoms with E-state index in [1.807, 2.05) is 19.0 Å². The molecule has 0 radical (unpaired) electrons. The van der Waals surface area contributed by atoms with Gasteiger partial charge in [-0.15, -0.1) is 0 Å². The Labute approximate surface area is 122 Å². The van der Waals surface area contributed by atoms with Gasteiger partial charge in [-0.3, -0.25) is 4.90 Å². The number of hydrogen-bond donors (Lipinski definition) is 1. The van der Waals surface area contributed by atoms with Gasteiger partial charge < -0.3 is 10.2 Å². The maximum absolute atomic E-state index is 12.3. The second-order valence-electron chi connectivity index (χ2n) is 5.51. The highest BCUT2D eigenvalue weighted by atomic mass is 19.4. The van der Waals surface area contributed by atoms with Crippen LogP contribution < -0.4 is 10.2 Å². The van der Waals surface area contributed by atoms with E-state index in [0.29, 0.717) is 25.5 Å². The van der Waals surface area contributed by atoms with Gasteiger partial charge in [0, 0.05) is 39.6 Å². The maximum atomic E-state index is 12.3. The second-order valence-corrected chi connectivity index (χ2v) is 5.51. The minimum atomic E-state index is -4.12. The number of anilines is 2. The van der Waals surface area contributed by atoms with Crippen molar-refractivity contribution in [2.45, 2.75) is 12.6 Å². The van der Waals surface area contributed by atoms with Gasteiger partial charge in [-0.05, 0) is 18.9 Å². The molecule has 8 heteroatoms. The van der Waals surface area contributed by atoms with E-state index in [-0.39, 0.29) is 5.92 Å². The van der Waals surface area contributed by atoms with E-state index in [0.717, 1.165) is 12.2 Å². The lowest BCUT2D eigenvalue weighted by Gasteiger charge is -2.19. The van der Waals surface area contributed by atoms with E-state index in [1.54, 1.807) is 12.4 Å². The Bertz CT molecular complexity index is 463. The maximum Gasteiger partial charge on any atom is 0.401 e. The number of halogens is 3. The van der Waals surface area contributed by atoms with E-state index >= 15 is 0 Å². The third kappa shape index (κ3) is 4.73. The van der Waals surface area contributed by atoms with Crippen LogP contribution in [-0.4, -0.2) is 61.3 Å². The van der Waals surface area contributed by atoms with Gasteiger partial charge in [0.05, 0.1) is 6.54 Å². The first-order valence-corrected chi connectivity index (χ1v) is 6.86. The summed E-state index contributed by atoms with van der Waals surface area (Å²) in [5, 5.41) is 3.20. The molecular formula is C13H20F3N5. The summed E-state index contributed by atoms with van der Waals surface area (Å²) in [6.07, 6.45) is -0.146. The zero-order valence-corrected chi connectivity index (χ0v) is 12.2. The molecule has 21 heavy (non-hydrogen) atoms. The normalized spacial score (nSPS) is 19.8. The molecule has 0 bridgehead atoms. The fourth-order valence-electron chi connectivity index (χ4n) is 2.50. The molecule has 118 valence electrons. The first-order valence-electron chi connectivity index (χ1n) is 6.86. The summed E-state index contributed by atoms with van der Waals surface area (Å²) in [6.45, 7) is 0.739.